The molecule has 1 fully saturated rings. The Kier molecular flexibility index (Phi) is 3.86. The molecule has 0 saturated carbocycles. The second kappa shape index (κ2) is 5.32. The molecule has 1 aromatic carbocycles. The molecule has 21 heavy (non-hydrogen) atoms. The monoisotopic (exact) mass is 313 g/mol. The van der Waals surface area contributed by atoms with E-state index in [1.54, 1.807) is 7.05 Å². The maximum absolute atomic E-state index is 11.7. The Bertz CT molecular complexity index is 701. The van der Waals surface area contributed by atoms with Gasteiger partial charge < -0.3 is 9.80 Å². The zero-order valence-electron chi connectivity index (χ0n) is 11.6. The van der Waals surface area contributed by atoms with Crippen LogP contribution in [0.15, 0.2) is 23.1 Å². The normalized spacial score (nSPS) is 16.2. The van der Waals surface area contributed by atoms with E-state index in [1.807, 2.05) is 0 Å². The topological polar surface area (TPSA) is 101 Å². The van der Waals surface area contributed by atoms with E-state index in [-0.39, 0.29) is 23.0 Å². The number of anilines is 1. The molecule has 2 rings (SSSR count). The third-order valence-electron chi connectivity index (χ3n) is 3.36. The summed E-state index contributed by atoms with van der Waals surface area (Å²) < 4.78 is 23.4. The summed E-state index contributed by atoms with van der Waals surface area (Å²) in [6.07, 6.45) is 0.925. The highest BCUT2D eigenvalue weighted by atomic mass is 32.2. The number of nitro groups is 1. The Balaban J connectivity index is 2.55. The molecule has 0 unspecified atom stereocenters. The molecule has 0 aliphatic carbocycles. The van der Waals surface area contributed by atoms with Crippen LogP contribution in [0.5, 0.6) is 0 Å². The van der Waals surface area contributed by atoms with Gasteiger partial charge >= 0.3 is 5.69 Å². The van der Waals surface area contributed by atoms with Gasteiger partial charge in [0.1, 0.15) is 10.6 Å². The fourth-order valence-electron chi connectivity index (χ4n) is 2.21. The number of hydrogen-bond donors (Lipinski definition) is 0. The van der Waals surface area contributed by atoms with Crippen molar-refractivity contribution in [3.8, 4) is 0 Å². The van der Waals surface area contributed by atoms with Crippen LogP contribution < -0.4 is 4.90 Å². The molecule has 114 valence electrons. The van der Waals surface area contributed by atoms with E-state index in [9.17, 15) is 23.3 Å². The second-order valence-electron chi connectivity index (χ2n) is 4.89. The molecule has 1 aliphatic heterocycles. The van der Waals surface area contributed by atoms with Gasteiger partial charge in [0.2, 0.25) is 5.91 Å². The lowest BCUT2D eigenvalue weighted by Gasteiger charge is -2.33. The zero-order chi connectivity index (χ0) is 15.8. The number of para-hydroxylation sites is 1. The number of nitro benzene ring substituents is 1. The highest BCUT2D eigenvalue weighted by molar-refractivity contribution is 7.90. The molecule has 1 saturated heterocycles. The van der Waals surface area contributed by atoms with Crippen molar-refractivity contribution in [1.82, 2.24) is 4.90 Å². The van der Waals surface area contributed by atoms with Crippen molar-refractivity contribution in [3.63, 3.8) is 0 Å². The minimum absolute atomic E-state index is 0.00937. The number of benzene rings is 1. The van der Waals surface area contributed by atoms with E-state index in [4.69, 9.17) is 0 Å². The summed E-state index contributed by atoms with van der Waals surface area (Å²) in [6, 6.07) is 4.11. The van der Waals surface area contributed by atoms with E-state index < -0.39 is 20.4 Å². The van der Waals surface area contributed by atoms with Gasteiger partial charge in [0.15, 0.2) is 9.84 Å². The molecule has 0 N–H and O–H groups in total. The van der Waals surface area contributed by atoms with E-state index in [1.165, 1.54) is 28.0 Å². The molecule has 9 heteroatoms. The van der Waals surface area contributed by atoms with Crippen LogP contribution in [0.25, 0.3) is 0 Å². The molecule has 1 aromatic rings. The van der Waals surface area contributed by atoms with Gasteiger partial charge in [-0.25, -0.2) is 8.42 Å². The van der Waals surface area contributed by atoms with Gasteiger partial charge in [-0.1, -0.05) is 6.07 Å². The van der Waals surface area contributed by atoms with Crippen molar-refractivity contribution in [2.45, 2.75) is 4.90 Å². The van der Waals surface area contributed by atoms with Gasteiger partial charge in [0.05, 0.1) is 11.5 Å². The Morgan fingerprint density at radius 3 is 2.48 bits per heavy atom. The summed E-state index contributed by atoms with van der Waals surface area (Å²) >= 11 is 0. The number of likely N-dealkylation sites (N-methyl/N-ethyl adjacent to an activating group) is 1. The number of piperazine rings is 1. The van der Waals surface area contributed by atoms with Gasteiger partial charge in [-0.2, -0.15) is 0 Å². The Labute approximate surface area is 122 Å². The first-order valence-corrected chi connectivity index (χ1v) is 8.07. The van der Waals surface area contributed by atoms with Crippen molar-refractivity contribution in [2.24, 2.45) is 0 Å². The van der Waals surface area contributed by atoms with E-state index in [0.717, 1.165) is 6.26 Å². The molecule has 0 radical (unpaired) electrons. The fraction of sp³-hybridized carbons (Fsp3) is 0.417. The molecule has 0 atom stereocenters. The van der Waals surface area contributed by atoms with Gasteiger partial charge in [0, 0.05) is 26.4 Å². The standard InChI is InChI=1S/C12H15N3O5S/c1-13-6-7-14(8-11(13)16)9-4-3-5-10(21(2,19)20)12(9)15(17)18/h3-5H,6-8H2,1-2H3. The first-order chi connectivity index (χ1) is 9.71. The van der Waals surface area contributed by atoms with Gasteiger partial charge in [-0.15, -0.1) is 0 Å². The SMILES string of the molecule is CN1CCN(c2cccc(S(C)(=O)=O)c2[N+](=O)[O-])CC1=O. The highest BCUT2D eigenvalue weighted by Gasteiger charge is 2.31. The summed E-state index contributed by atoms with van der Waals surface area (Å²) in [5.41, 5.74) is -0.318. The largest absolute Gasteiger partial charge is 0.355 e. The summed E-state index contributed by atoms with van der Waals surface area (Å²) in [6.45, 7) is 0.833. The third kappa shape index (κ3) is 2.97. The van der Waals surface area contributed by atoms with E-state index >= 15 is 0 Å². The maximum Gasteiger partial charge on any atom is 0.311 e. The summed E-state index contributed by atoms with van der Waals surface area (Å²) in [5, 5.41) is 11.3. The van der Waals surface area contributed by atoms with Crippen LogP contribution in [0.4, 0.5) is 11.4 Å². The maximum atomic E-state index is 11.7. The molecule has 0 aromatic heterocycles. The lowest BCUT2D eigenvalue weighted by Crippen LogP contribution is -2.48. The van der Waals surface area contributed by atoms with Gasteiger partial charge in [0.25, 0.3) is 0 Å². The number of carbonyl (C=O) groups is 1. The molecular weight excluding hydrogens is 298 g/mol. The van der Waals surface area contributed by atoms with Gasteiger partial charge in [-0.3, -0.25) is 14.9 Å². The minimum Gasteiger partial charge on any atom is -0.355 e. The van der Waals surface area contributed by atoms with Crippen molar-refractivity contribution in [3.05, 3.63) is 28.3 Å². The number of rotatable bonds is 3. The van der Waals surface area contributed by atoms with Crippen LogP contribution in [0, 0.1) is 10.1 Å². The average Bonchev–Trinajstić information content (AvgIpc) is 2.40. The Morgan fingerprint density at radius 2 is 1.95 bits per heavy atom. The molecular formula is C12H15N3O5S. The van der Waals surface area contributed by atoms with E-state index in [2.05, 4.69) is 0 Å². The van der Waals surface area contributed by atoms with Crippen LogP contribution in [-0.2, 0) is 14.6 Å². The molecule has 0 bridgehead atoms. The van der Waals surface area contributed by atoms with Crippen molar-refractivity contribution >= 4 is 27.1 Å². The number of nitrogens with zero attached hydrogens (tertiary/aromatic N) is 3. The first kappa shape index (κ1) is 15.2. The highest BCUT2D eigenvalue weighted by Crippen LogP contribution is 2.35. The molecule has 1 amide bonds. The zero-order valence-corrected chi connectivity index (χ0v) is 12.5. The summed E-state index contributed by atoms with van der Waals surface area (Å²) in [5.74, 6) is -0.166. The summed E-state index contributed by atoms with van der Waals surface area (Å²) in [7, 11) is -2.07. The number of amides is 1. The molecule has 8 nitrogen and oxygen atoms in total. The minimum atomic E-state index is -3.73. The van der Waals surface area contributed by atoms with Crippen molar-refractivity contribution < 1.29 is 18.1 Å². The van der Waals surface area contributed by atoms with E-state index in [0.29, 0.717) is 13.1 Å². The predicted molar refractivity (Wildman–Crippen MR) is 76.1 cm³/mol. The van der Waals surface area contributed by atoms with Crippen molar-refractivity contribution in [1.29, 1.82) is 0 Å². The second-order valence-corrected chi connectivity index (χ2v) is 6.87. The van der Waals surface area contributed by atoms with Crippen LogP contribution in [0.2, 0.25) is 0 Å². The molecule has 0 spiro atoms. The quantitative estimate of drug-likeness (QED) is 0.587. The molecule has 1 aliphatic rings. The van der Waals surface area contributed by atoms with Gasteiger partial charge in [-0.05, 0) is 12.1 Å². The first-order valence-electron chi connectivity index (χ1n) is 6.18. The molecule has 1 heterocycles. The lowest BCUT2D eigenvalue weighted by molar-refractivity contribution is -0.387. The van der Waals surface area contributed by atoms with Crippen LogP contribution >= 0.6 is 0 Å². The van der Waals surface area contributed by atoms with Crippen molar-refractivity contribution in [2.75, 3.05) is 37.8 Å². The van der Waals surface area contributed by atoms with Crippen LogP contribution in [-0.4, -0.2) is 57.1 Å². The third-order valence-corrected chi connectivity index (χ3v) is 4.49. The lowest BCUT2D eigenvalue weighted by atomic mass is 10.2. The number of carbonyl (C=O) groups excluding carboxylic acids is 1. The Hall–Kier alpha value is -2.16. The fourth-order valence-corrected chi connectivity index (χ4v) is 3.07. The average molecular weight is 313 g/mol. The number of sulfone groups is 1. The Morgan fingerprint density at radius 1 is 1.29 bits per heavy atom. The smallest absolute Gasteiger partial charge is 0.311 e. The predicted octanol–water partition coefficient (Wildman–Crippen LogP) is 0.277. The van der Waals surface area contributed by atoms with Crippen LogP contribution in [0.1, 0.15) is 0 Å². The number of hydrogen-bond acceptors (Lipinski definition) is 6. The summed E-state index contributed by atoms with van der Waals surface area (Å²) in [4.78, 5) is 25.1. The van der Waals surface area contributed by atoms with Crippen LogP contribution in [0.3, 0.4) is 0 Å².